The Labute approximate surface area is 120 Å². The molecular weight excluding hydrogens is 278 g/mol. The summed E-state index contributed by atoms with van der Waals surface area (Å²) in [5.74, 6) is -0.424. The van der Waals surface area contributed by atoms with Gasteiger partial charge in [0.15, 0.2) is 0 Å². The average molecular weight is 293 g/mol. The molecule has 2 amide bonds. The Hall–Kier alpha value is -2.64. The smallest absolute Gasteiger partial charge is 0.410 e. The number of nitro groups is 1. The number of cyclic esters (lactones) is 1. The van der Waals surface area contributed by atoms with Gasteiger partial charge in [0.2, 0.25) is 5.91 Å². The second kappa shape index (κ2) is 6.21. The summed E-state index contributed by atoms with van der Waals surface area (Å²) in [5.41, 5.74) is 0.769. The van der Waals surface area contributed by atoms with E-state index in [-0.39, 0.29) is 12.2 Å². The molecule has 0 aliphatic carbocycles. The zero-order valence-electron chi connectivity index (χ0n) is 11.5. The summed E-state index contributed by atoms with van der Waals surface area (Å²) in [5, 5.41) is 13.4. The lowest BCUT2D eigenvalue weighted by Crippen LogP contribution is -2.42. The number of amides is 2. The molecule has 8 nitrogen and oxygen atoms in total. The van der Waals surface area contributed by atoms with Crippen LogP contribution in [0.3, 0.4) is 0 Å². The number of rotatable bonds is 4. The molecule has 0 unspecified atom stereocenters. The Kier molecular flexibility index (Phi) is 4.36. The first-order valence-electron chi connectivity index (χ1n) is 6.44. The van der Waals surface area contributed by atoms with Crippen LogP contribution in [0, 0.1) is 17.0 Å². The van der Waals surface area contributed by atoms with Gasteiger partial charge in [-0.2, -0.15) is 0 Å². The van der Waals surface area contributed by atoms with Crippen LogP contribution in [-0.4, -0.2) is 41.5 Å². The van der Waals surface area contributed by atoms with Crippen LogP contribution in [0.2, 0.25) is 0 Å². The van der Waals surface area contributed by atoms with Gasteiger partial charge in [-0.05, 0) is 19.4 Å². The molecule has 0 spiro atoms. The van der Waals surface area contributed by atoms with E-state index in [1.165, 1.54) is 11.0 Å². The fourth-order valence-corrected chi connectivity index (χ4v) is 2.00. The van der Waals surface area contributed by atoms with Crippen LogP contribution in [0.4, 0.5) is 16.2 Å². The molecule has 0 saturated carbocycles. The quantitative estimate of drug-likeness (QED) is 0.672. The maximum Gasteiger partial charge on any atom is 0.410 e. The number of nitrogens with one attached hydrogen (secondary N) is 1. The molecule has 21 heavy (non-hydrogen) atoms. The van der Waals surface area contributed by atoms with Crippen molar-refractivity contribution < 1.29 is 19.2 Å². The number of benzene rings is 1. The van der Waals surface area contributed by atoms with Crippen molar-refractivity contribution in [2.75, 3.05) is 25.0 Å². The van der Waals surface area contributed by atoms with Gasteiger partial charge in [0.05, 0.1) is 11.5 Å². The van der Waals surface area contributed by atoms with Crippen LogP contribution >= 0.6 is 0 Å². The molecule has 1 aromatic rings. The van der Waals surface area contributed by atoms with Crippen molar-refractivity contribution in [1.29, 1.82) is 0 Å². The standard InChI is InChI=1S/C13H15N3O5/c1-9-3-4-10(7-11(9)16(19)20)14-12(17)8-15-5-2-6-21-13(15)18/h3-4,7H,2,5-6,8H2,1H3,(H,14,17). The van der Waals surface area contributed by atoms with Crippen molar-refractivity contribution >= 4 is 23.4 Å². The third kappa shape index (κ3) is 3.68. The van der Waals surface area contributed by atoms with E-state index in [9.17, 15) is 19.7 Å². The molecule has 0 aromatic heterocycles. The zero-order chi connectivity index (χ0) is 15.4. The number of nitrogens with zero attached hydrogens (tertiary/aromatic N) is 2. The Balaban J connectivity index is 2.01. The Morgan fingerprint density at radius 3 is 2.95 bits per heavy atom. The summed E-state index contributed by atoms with van der Waals surface area (Å²) < 4.78 is 4.83. The second-order valence-corrected chi connectivity index (χ2v) is 4.70. The largest absolute Gasteiger partial charge is 0.449 e. The molecule has 1 saturated heterocycles. The zero-order valence-corrected chi connectivity index (χ0v) is 11.5. The number of hydrogen-bond donors (Lipinski definition) is 1. The molecule has 1 aromatic carbocycles. The predicted octanol–water partition coefficient (Wildman–Crippen LogP) is 1.68. The number of carbonyl (C=O) groups is 2. The van der Waals surface area contributed by atoms with Crippen LogP contribution in [0.15, 0.2) is 18.2 Å². The number of hydrogen-bond acceptors (Lipinski definition) is 5. The molecule has 1 fully saturated rings. The molecule has 8 heteroatoms. The minimum absolute atomic E-state index is 0.0646. The molecule has 112 valence electrons. The highest BCUT2D eigenvalue weighted by molar-refractivity contribution is 5.94. The molecule has 1 heterocycles. The lowest BCUT2D eigenvalue weighted by molar-refractivity contribution is -0.385. The van der Waals surface area contributed by atoms with E-state index in [4.69, 9.17) is 4.74 Å². The SMILES string of the molecule is Cc1ccc(NC(=O)CN2CCCOC2=O)cc1[N+](=O)[O-]. The number of carbonyl (C=O) groups excluding carboxylic acids is 2. The van der Waals surface area contributed by atoms with E-state index in [2.05, 4.69) is 5.32 Å². The minimum Gasteiger partial charge on any atom is -0.449 e. The first-order valence-corrected chi connectivity index (χ1v) is 6.44. The van der Waals surface area contributed by atoms with Crippen LogP contribution in [-0.2, 0) is 9.53 Å². The summed E-state index contributed by atoms with van der Waals surface area (Å²) >= 11 is 0. The van der Waals surface area contributed by atoms with Crippen LogP contribution in [0.1, 0.15) is 12.0 Å². The summed E-state index contributed by atoms with van der Waals surface area (Å²) in [6, 6.07) is 4.43. The monoisotopic (exact) mass is 293 g/mol. The fraction of sp³-hybridized carbons (Fsp3) is 0.385. The minimum atomic E-state index is -0.522. The highest BCUT2D eigenvalue weighted by Crippen LogP contribution is 2.22. The Morgan fingerprint density at radius 1 is 1.52 bits per heavy atom. The van der Waals surface area contributed by atoms with Gasteiger partial charge < -0.3 is 10.1 Å². The molecule has 0 bridgehead atoms. The number of aryl methyl sites for hydroxylation is 1. The Bertz CT molecular complexity index is 587. The average Bonchev–Trinajstić information content (AvgIpc) is 2.43. The summed E-state index contributed by atoms with van der Waals surface area (Å²) in [4.78, 5) is 34.9. The molecule has 1 N–H and O–H groups in total. The van der Waals surface area contributed by atoms with Crippen molar-refractivity contribution in [2.24, 2.45) is 0 Å². The molecule has 0 atom stereocenters. The second-order valence-electron chi connectivity index (χ2n) is 4.70. The van der Waals surface area contributed by atoms with Crippen LogP contribution in [0.25, 0.3) is 0 Å². The fourth-order valence-electron chi connectivity index (χ4n) is 2.00. The van der Waals surface area contributed by atoms with Gasteiger partial charge in [0.25, 0.3) is 5.69 Å². The topological polar surface area (TPSA) is 102 Å². The summed E-state index contributed by atoms with van der Waals surface area (Å²) in [6.07, 6.45) is 0.154. The van der Waals surface area contributed by atoms with Crippen molar-refractivity contribution in [3.05, 3.63) is 33.9 Å². The number of anilines is 1. The molecule has 1 aliphatic rings. The van der Waals surface area contributed by atoms with Crippen molar-refractivity contribution in [2.45, 2.75) is 13.3 Å². The molecule has 2 rings (SSSR count). The van der Waals surface area contributed by atoms with E-state index in [0.29, 0.717) is 30.8 Å². The molecule has 1 aliphatic heterocycles. The highest BCUT2D eigenvalue weighted by Gasteiger charge is 2.22. The van der Waals surface area contributed by atoms with Gasteiger partial charge in [0.1, 0.15) is 6.54 Å². The molecule has 0 radical (unpaired) electrons. The van der Waals surface area contributed by atoms with E-state index < -0.39 is 16.9 Å². The highest BCUT2D eigenvalue weighted by atomic mass is 16.6. The van der Waals surface area contributed by atoms with Crippen molar-refractivity contribution in [1.82, 2.24) is 4.90 Å². The lowest BCUT2D eigenvalue weighted by Gasteiger charge is -2.25. The first-order chi connectivity index (χ1) is 9.97. The van der Waals surface area contributed by atoms with Crippen LogP contribution in [0.5, 0.6) is 0 Å². The number of ether oxygens (including phenoxy) is 1. The van der Waals surface area contributed by atoms with Gasteiger partial charge in [-0.3, -0.25) is 19.8 Å². The third-order valence-corrected chi connectivity index (χ3v) is 3.08. The summed E-state index contributed by atoms with van der Waals surface area (Å²) in [6.45, 7) is 2.30. The van der Waals surface area contributed by atoms with E-state index >= 15 is 0 Å². The van der Waals surface area contributed by atoms with Crippen LogP contribution < -0.4 is 5.32 Å². The van der Waals surface area contributed by atoms with Gasteiger partial charge >= 0.3 is 6.09 Å². The van der Waals surface area contributed by atoms with Crippen molar-refractivity contribution in [3.8, 4) is 0 Å². The van der Waals surface area contributed by atoms with E-state index in [1.54, 1.807) is 19.1 Å². The predicted molar refractivity (Wildman–Crippen MR) is 74.0 cm³/mol. The Morgan fingerprint density at radius 2 is 2.29 bits per heavy atom. The van der Waals surface area contributed by atoms with Gasteiger partial charge in [-0.25, -0.2) is 4.79 Å². The number of nitro benzene ring substituents is 1. The third-order valence-electron chi connectivity index (χ3n) is 3.08. The van der Waals surface area contributed by atoms with Gasteiger partial charge in [0, 0.05) is 23.9 Å². The van der Waals surface area contributed by atoms with Crippen molar-refractivity contribution in [3.63, 3.8) is 0 Å². The normalized spacial score (nSPS) is 14.5. The maximum absolute atomic E-state index is 11.9. The first kappa shape index (κ1) is 14.8. The van der Waals surface area contributed by atoms with Gasteiger partial charge in [-0.1, -0.05) is 6.07 Å². The van der Waals surface area contributed by atoms with E-state index in [0.717, 1.165) is 0 Å². The molecular formula is C13H15N3O5. The summed E-state index contributed by atoms with van der Waals surface area (Å²) in [7, 11) is 0. The van der Waals surface area contributed by atoms with E-state index in [1.807, 2.05) is 0 Å². The maximum atomic E-state index is 11.9. The lowest BCUT2D eigenvalue weighted by atomic mass is 10.2. The van der Waals surface area contributed by atoms with Gasteiger partial charge in [-0.15, -0.1) is 0 Å².